The number of aromatic nitrogens is 2. The molecule has 0 saturated carbocycles. The van der Waals surface area contributed by atoms with E-state index < -0.39 is 0 Å². The lowest BCUT2D eigenvalue weighted by Gasteiger charge is -2.35. The predicted octanol–water partition coefficient (Wildman–Crippen LogP) is 2.17. The number of likely N-dealkylation sites (tertiary alicyclic amines) is 1. The molecule has 2 aliphatic heterocycles. The number of rotatable bonds is 5. The van der Waals surface area contributed by atoms with Crippen LogP contribution in [0.3, 0.4) is 0 Å². The first-order valence-corrected chi connectivity index (χ1v) is 8.07. The summed E-state index contributed by atoms with van der Waals surface area (Å²) in [7, 11) is 0. The summed E-state index contributed by atoms with van der Waals surface area (Å²) in [6, 6.07) is 0.189. The lowest BCUT2D eigenvalue weighted by atomic mass is 9.95. The fourth-order valence-electron chi connectivity index (χ4n) is 3.15. The Balaban J connectivity index is 1.52. The van der Waals surface area contributed by atoms with Crippen molar-refractivity contribution in [1.82, 2.24) is 15.0 Å². The Bertz CT molecular complexity index is 437. The monoisotopic (exact) mass is 295 g/mol. The Hall–Kier alpha value is -0.980. The van der Waals surface area contributed by atoms with Crippen molar-refractivity contribution in [3.05, 3.63) is 11.7 Å². The standard InChI is InChI=1S/C15H25N3O3/c1-3-4-13-16-14(21-17-13)11(2)18-7-5-12(6-8-18)15-19-9-10-20-15/h11-12,15H,3-10H2,1-2H3. The number of nitrogens with zero attached hydrogens (tertiary/aromatic N) is 3. The van der Waals surface area contributed by atoms with E-state index in [1.165, 1.54) is 0 Å². The molecule has 2 aliphatic rings. The second-order valence-electron chi connectivity index (χ2n) is 5.96. The fraction of sp³-hybridized carbons (Fsp3) is 0.867. The van der Waals surface area contributed by atoms with Gasteiger partial charge in [0.2, 0.25) is 5.89 Å². The third kappa shape index (κ3) is 3.44. The Kier molecular flexibility index (Phi) is 4.87. The van der Waals surface area contributed by atoms with Crippen molar-refractivity contribution in [2.24, 2.45) is 5.92 Å². The van der Waals surface area contributed by atoms with Gasteiger partial charge in [-0.05, 0) is 39.3 Å². The molecule has 1 aromatic rings. The minimum absolute atomic E-state index is 0.0158. The van der Waals surface area contributed by atoms with Crippen LogP contribution in [0.4, 0.5) is 0 Å². The summed E-state index contributed by atoms with van der Waals surface area (Å²) >= 11 is 0. The van der Waals surface area contributed by atoms with Crippen molar-refractivity contribution in [3.8, 4) is 0 Å². The normalized spacial score (nSPS) is 23.7. The molecule has 0 N–H and O–H groups in total. The second kappa shape index (κ2) is 6.85. The Morgan fingerprint density at radius 3 is 2.62 bits per heavy atom. The SMILES string of the molecule is CCCc1noc(C(C)N2CCC(C3OCCO3)CC2)n1. The number of hydrogen-bond acceptors (Lipinski definition) is 6. The van der Waals surface area contributed by atoms with Gasteiger partial charge in [0, 0.05) is 12.3 Å². The molecule has 118 valence electrons. The molecule has 0 aliphatic carbocycles. The van der Waals surface area contributed by atoms with Gasteiger partial charge in [0.1, 0.15) is 0 Å². The van der Waals surface area contributed by atoms with Crippen molar-refractivity contribution in [2.45, 2.75) is 51.9 Å². The molecule has 6 nitrogen and oxygen atoms in total. The van der Waals surface area contributed by atoms with Gasteiger partial charge in [0.25, 0.3) is 0 Å². The summed E-state index contributed by atoms with van der Waals surface area (Å²) in [6.45, 7) is 7.80. The van der Waals surface area contributed by atoms with Crippen LogP contribution in [0.2, 0.25) is 0 Å². The first kappa shape index (κ1) is 14.9. The predicted molar refractivity (Wildman–Crippen MR) is 76.7 cm³/mol. The Labute approximate surface area is 125 Å². The molecule has 0 bridgehead atoms. The van der Waals surface area contributed by atoms with Crippen LogP contribution in [0.1, 0.15) is 50.9 Å². The van der Waals surface area contributed by atoms with Gasteiger partial charge < -0.3 is 14.0 Å². The minimum Gasteiger partial charge on any atom is -0.350 e. The van der Waals surface area contributed by atoms with Crippen molar-refractivity contribution < 1.29 is 14.0 Å². The van der Waals surface area contributed by atoms with Gasteiger partial charge in [0.05, 0.1) is 19.3 Å². The molecule has 21 heavy (non-hydrogen) atoms. The van der Waals surface area contributed by atoms with Gasteiger partial charge >= 0.3 is 0 Å². The van der Waals surface area contributed by atoms with Gasteiger partial charge in [-0.3, -0.25) is 4.90 Å². The summed E-state index contributed by atoms with van der Waals surface area (Å²) in [5.74, 6) is 2.08. The van der Waals surface area contributed by atoms with E-state index in [9.17, 15) is 0 Å². The summed E-state index contributed by atoms with van der Waals surface area (Å²) in [6.07, 6.45) is 4.15. The van der Waals surface area contributed by atoms with Gasteiger partial charge in [-0.2, -0.15) is 4.98 Å². The molecule has 3 heterocycles. The highest BCUT2D eigenvalue weighted by Gasteiger charge is 2.33. The van der Waals surface area contributed by atoms with E-state index in [2.05, 4.69) is 28.9 Å². The topological polar surface area (TPSA) is 60.6 Å². The molecule has 3 rings (SSSR count). The highest BCUT2D eigenvalue weighted by molar-refractivity contribution is 4.93. The third-order valence-corrected chi connectivity index (χ3v) is 4.47. The van der Waals surface area contributed by atoms with Crippen LogP contribution in [0.25, 0.3) is 0 Å². The van der Waals surface area contributed by atoms with E-state index in [1.807, 2.05) is 0 Å². The summed E-state index contributed by atoms with van der Waals surface area (Å²) in [5, 5.41) is 4.05. The summed E-state index contributed by atoms with van der Waals surface area (Å²) in [5.41, 5.74) is 0. The molecule has 0 amide bonds. The van der Waals surface area contributed by atoms with Crippen LogP contribution < -0.4 is 0 Å². The number of ether oxygens (including phenoxy) is 2. The molecule has 6 heteroatoms. The fourth-order valence-corrected chi connectivity index (χ4v) is 3.15. The van der Waals surface area contributed by atoms with E-state index in [0.717, 1.165) is 63.7 Å². The van der Waals surface area contributed by atoms with Gasteiger partial charge in [-0.1, -0.05) is 12.1 Å². The zero-order chi connectivity index (χ0) is 14.7. The van der Waals surface area contributed by atoms with Crippen molar-refractivity contribution in [2.75, 3.05) is 26.3 Å². The highest BCUT2D eigenvalue weighted by atomic mass is 16.7. The van der Waals surface area contributed by atoms with E-state index in [4.69, 9.17) is 14.0 Å². The van der Waals surface area contributed by atoms with Crippen LogP contribution in [0.5, 0.6) is 0 Å². The van der Waals surface area contributed by atoms with Crippen molar-refractivity contribution in [1.29, 1.82) is 0 Å². The zero-order valence-electron chi connectivity index (χ0n) is 13.0. The average Bonchev–Trinajstić information content (AvgIpc) is 3.19. The molecular formula is C15H25N3O3. The van der Waals surface area contributed by atoms with Crippen LogP contribution in [0.15, 0.2) is 4.52 Å². The largest absolute Gasteiger partial charge is 0.350 e. The van der Waals surface area contributed by atoms with E-state index in [1.54, 1.807) is 0 Å². The first-order valence-electron chi connectivity index (χ1n) is 8.07. The van der Waals surface area contributed by atoms with E-state index >= 15 is 0 Å². The molecule has 0 aromatic carbocycles. The minimum atomic E-state index is 0.0158. The molecule has 1 aromatic heterocycles. The van der Waals surface area contributed by atoms with Gasteiger partial charge in [-0.15, -0.1) is 0 Å². The summed E-state index contributed by atoms with van der Waals surface area (Å²) < 4.78 is 16.6. The molecule has 1 unspecified atom stereocenters. The molecule has 1 atom stereocenters. The Morgan fingerprint density at radius 1 is 1.24 bits per heavy atom. The molecule has 0 radical (unpaired) electrons. The third-order valence-electron chi connectivity index (χ3n) is 4.47. The molecule has 2 saturated heterocycles. The number of aryl methyl sites for hydroxylation is 1. The van der Waals surface area contributed by atoms with Crippen LogP contribution in [-0.4, -0.2) is 47.6 Å². The van der Waals surface area contributed by atoms with E-state index in [0.29, 0.717) is 5.92 Å². The number of piperidine rings is 1. The molecular weight excluding hydrogens is 270 g/mol. The second-order valence-corrected chi connectivity index (χ2v) is 5.96. The Morgan fingerprint density at radius 2 is 1.95 bits per heavy atom. The molecule has 2 fully saturated rings. The first-order chi connectivity index (χ1) is 10.3. The maximum absolute atomic E-state index is 5.62. The maximum Gasteiger partial charge on any atom is 0.243 e. The quantitative estimate of drug-likeness (QED) is 0.829. The average molecular weight is 295 g/mol. The van der Waals surface area contributed by atoms with Gasteiger partial charge in [-0.25, -0.2) is 0 Å². The lowest BCUT2D eigenvalue weighted by molar-refractivity contribution is -0.0997. The van der Waals surface area contributed by atoms with Crippen LogP contribution in [-0.2, 0) is 15.9 Å². The maximum atomic E-state index is 5.62. The highest BCUT2D eigenvalue weighted by Crippen LogP contribution is 2.30. The zero-order valence-corrected chi connectivity index (χ0v) is 13.0. The molecule has 0 spiro atoms. The van der Waals surface area contributed by atoms with Crippen LogP contribution >= 0.6 is 0 Å². The lowest BCUT2D eigenvalue weighted by Crippen LogP contribution is -2.39. The van der Waals surface area contributed by atoms with Crippen LogP contribution in [0, 0.1) is 5.92 Å². The van der Waals surface area contributed by atoms with E-state index in [-0.39, 0.29) is 12.3 Å². The smallest absolute Gasteiger partial charge is 0.243 e. The van der Waals surface area contributed by atoms with Crippen molar-refractivity contribution in [3.63, 3.8) is 0 Å². The van der Waals surface area contributed by atoms with Crippen molar-refractivity contribution >= 4 is 0 Å². The number of hydrogen-bond donors (Lipinski definition) is 0. The van der Waals surface area contributed by atoms with Gasteiger partial charge in [0.15, 0.2) is 12.1 Å². The summed E-state index contributed by atoms with van der Waals surface area (Å²) in [4.78, 5) is 6.91.